The molecule has 1 heterocycles. The van der Waals surface area contributed by atoms with E-state index in [-0.39, 0.29) is 41.9 Å². The SMILES string of the molecule is CC(CC(CC(=O)[O-])c1cn(Cc2ccccc2)c2ccccc12)=NO.[Na+]. The quantitative estimate of drug-likeness (QED) is 0.278. The van der Waals surface area contributed by atoms with Crippen LogP contribution in [0.4, 0.5) is 0 Å². The van der Waals surface area contributed by atoms with Crippen LogP contribution in [0.15, 0.2) is 65.9 Å². The Kier molecular flexibility index (Phi) is 7.66. The minimum absolute atomic E-state index is 0. The molecule has 1 aromatic heterocycles. The minimum Gasteiger partial charge on any atom is -0.550 e. The molecule has 0 saturated heterocycles. The summed E-state index contributed by atoms with van der Waals surface area (Å²) in [5.74, 6) is -1.42. The molecule has 0 aliphatic rings. The molecule has 3 rings (SSSR count). The van der Waals surface area contributed by atoms with E-state index in [1.54, 1.807) is 6.92 Å². The Hall–Kier alpha value is -2.08. The van der Waals surface area contributed by atoms with Crippen LogP contribution in [-0.2, 0) is 11.3 Å². The topological polar surface area (TPSA) is 77.6 Å². The van der Waals surface area contributed by atoms with E-state index in [9.17, 15) is 9.90 Å². The van der Waals surface area contributed by atoms with Crippen molar-refractivity contribution in [2.45, 2.75) is 32.2 Å². The summed E-state index contributed by atoms with van der Waals surface area (Å²) in [5.41, 5.74) is 3.65. The van der Waals surface area contributed by atoms with E-state index >= 15 is 0 Å². The first-order chi connectivity index (χ1) is 12.6. The molecule has 27 heavy (non-hydrogen) atoms. The summed E-state index contributed by atoms with van der Waals surface area (Å²) in [5, 5.41) is 24.5. The zero-order chi connectivity index (χ0) is 18.5. The van der Waals surface area contributed by atoms with Gasteiger partial charge in [-0.3, -0.25) is 0 Å². The van der Waals surface area contributed by atoms with Crippen LogP contribution in [0.3, 0.4) is 0 Å². The normalized spacial score (nSPS) is 12.6. The Labute approximate surface area is 180 Å². The van der Waals surface area contributed by atoms with Gasteiger partial charge in [-0.05, 0) is 42.9 Å². The molecular formula is C21H21N2NaO3. The molecular weight excluding hydrogens is 351 g/mol. The molecule has 1 atom stereocenters. The van der Waals surface area contributed by atoms with E-state index in [0.29, 0.717) is 18.7 Å². The van der Waals surface area contributed by atoms with Gasteiger partial charge in [-0.15, -0.1) is 0 Å². The maximum absolute atomic E-state index is 11.3. The summed E-state index contributed by atoms with van der Waals surface area (Å²) in [4.78, 5) is 11.3. The van der Waals surface area contributed by atoms with Crippen LogP contribution in [-0.4, -0.2) is 21.5 Å². The van der Waals surface area contributed by atoms with Gasteiger partial charge in [0, 0.05) is 29.6 Å². The first-order valence-corrected chi connectivity index (χ1v) is 8.57. The van der Waals surface area contributed by atoms with Gasteiger partial charge >= 0.3 is 29.6 Å². The molecule has 0 bridgehead atoms. The Morgan fingerprint density at radius 1 is 1.11 bits per heavy atom. The van der Waals surface area contributed by atoms with E-state index < -0.39 is 5.97 Å². The summed E-state index contributed by atoms with van der Waals surface area (Å²) >= 11 is 0. The number of benzene rings is 2. The maximum atomic E-state index is 11.3. The smallest absolute Gasteiger partial charge is 0.550 e. The first kappa shape index (κ1) is 21.2. The van der Waals surface area contributed by atoms with Crippen LogP contribution in [0.25, 0.3) is 10.9 Å². The first-order valence-electron chi connectivity index (χ1n) is 8.57. The van der Waals surface area contributed by atoms with Gasteiger partial charge in [0.25, 0.3) is 0 Å². The molecule has 3 aromatic rings. The minimum atomic E-state index is -1.11. The van der Waals surface area contributed by atoms with Crippen molar-refractivity contribution in [3.8, 4) is 0 Å². The number of fused-ring (bicyclic) bond motifs is 1. The monoisotopic (exact) mass is 372 g/mol. The third-order valence-corrected chi connectivity index (χ3v) is 4.58. The molecule has 6 heteroatoms. The molecule has 0 saturated carbocycles. The van der Waals surface area contributed by atoms with Crippen LogP contribution in [0.2, 0.25) is 0 Å². The number of rotatable bonds is 7. The zero-order valence-electron chi connectivity index (χ0n) is 15.6. The number of carbonyl (C=O) groups is 1. The van der Waals surface area contributed by atoms with Crippen molar-refractivity contribution in [2.75, 3.05) is 0 Å². The number of carboxylic acids is 1. The van der Waals surface area contributed by atoms with E-state index in [1.807, 2.05) is 48.7 Å². The summed E-state index contributed by atoms with van der Waals surface area (Å²) in [6.07, 6.45) is 2.26. The van der Waals surface area contributed by atoms with Crippen LogP contribution in [0.1, 0.15) is 36.8 Å². The molecule has 0 radical (unpaired) electrons. The zero-order valence-corrected chi connectivity index (χ0v) is 17.6. The molecule has 5 nitrogen and oxygen atoms in total. The number of oxime groups is 1. The predicted molar refractivity (Wildman–Crippen MR) is 99.4 cm³/mol. The van der Waals surface area contributed by atoms with Crippen LogP contribution in [0.5, 0.6) is 0 Å². The summed E-state index contributed by atoms with van der Waals surface area (Å²) < 4.78 is 2.13. The predicted octanol–water partition coefficient (Wildman–Crippen LogP) is 0.157. The molecule has 1 N–H and O–H groups in total. The molecule has 2 aromatic carbocycles. The summed E-state index contributed by atoms with van der Waals surface area (Å²) in [6, 6.07) is 18.1. The number of carbonyl (C=O) groups excluding carboxylic acids is 1. The Bertz CT molecular complexity index is 935. The fraction of sp³-hybridized carbons (Fsp3) is 0.238. The number of para-hydroxylation sites is 1. The second-order valence-electron chi connectivity index (χ2n) is 6.53. The number of hydrogen-bond acceptors (Lipinski definition) is 4. The van der Waals surface area contributed by atoms with Gasteiger partial charge in [0.2, 0.25) is 0 Å². The van der Waals surface area contributed by atoms with Crippen molar-refractivity contribution in [3.63, 3.8) is 0 Å². The van der Waals surface area contributed by atoms with Crippen molar-refractivity contribution in [3.05, 3.63) is 71.9 Å². The fourth-order valence-electron chi connectivity index (χ4n) is 3.40. The average molecular weight is 372 g/mol. The van der Waals surface area contributed by atoms with E-state index in [2.05, 4.69) is 21.9 Å². The molecule has 0 spiro atoms. The van der Waals surface area contributed by atoms with Crippen molar-refractivity contribution in [1.29, 1.82) is 0 Å². The molecule has 1 unspecified atom stereocenters. The van der Waals surface area contributed by atoms with Crippen molar-refractivity contribution >= 4 is 22.6 Å². The largest absolute Gasteiger partial charge is 1.00 e. The second-order valence-corrected chi connectivity index (χ2v) is 6.53. The Morgan fingerprint density at radius 2 is 1.78 bits per heavy atom. The second kappa shape index (κ2) is 9.74. The molecule has 0 amide bonds. The molecule has 0 fully saturated rings. The molecule has 0 aliphatic carbocycles. The number of carboxylic acid groups (broad SMARTS) is 1. The van der Waals surface area contributed by atoms with E-state index in [4.69, 9.17) is 5.21 Å². The van der Waals surface area contributed by atoms with Crippen LogP contribution in [0, 0.1) is 0 Å². The summed E-state index contributed by atoms with van der Waals surface area (Å²) in [6.45, 7) is 2.39. The van der Waals surface area contributed by atoms with Gasteiger partial charge in [0.05, 0.1) is 5.71 Å². The van der Waals surface area contributed by atoms with Crippen molar-refractivity contribution in [2.24, 2.45) is 5.16 Å². The third kappa shape index (κ3) is 5.22. The van der Waals surface area contributed by atoms with E-state index in [0.717, 1.165) is 16.5 Å². The van der Waals surface area contributed by atoms with E-state index in [1.165, 1.54) is 5.56 Å². The van der Waals surface area contributed by atoms with Gasteiger partial charge in [0.1, 0.15) is 0 Å². The Morgan fingerprint density at radius 3 is 2.44 bits per heavy atom. The third-order valence-electron chi connectivity index (χ3n) is 4.58. The molecule has 134 valence electrons. The number of aliphatic carboxylic acids is 1. The fourth-order valence-corrected chi connectivity index (χ4v) is 3.40. The standard InChI is InChI=1S/C21H22N2O3.Na/c1-15(22-26)11-17(12-21(24)25)19-14-23(13-16-7-3-2-4-8-16)20-10-6-5-9-18(19)20;/h2-10,14,17,26H,11-13H2,1H3,(H,24,25);/q;+1/p-1. The summed E-state index contributed by atoms with van der Waals surface area (Å²) in [7, 11) is 0. The number of hydrogen-bond donors (Lipinski definition) is 1. The van der Waals surface area contributed by atoms with Crippen LogP contribution < -0.4 is 34.7 Å². The Balaban J connectivity index is 0.00000261. The van der Waals surface area contributed by atoms with Gasteiger partial charge in [0.15, 0.2) is 0 Å². The van der Waals surface area contributed by atoms with Crippen molar-refractivity contribution < 1.29 is 44.7 Å². The van der Waals surface area contributed by atoms with Crippen LogP contribution >= 0.6 is 0 Å². The van der Waals surface area contributed by atoms with Gasteiger partial charge in [-0.25, -0.2) is 0 Å². The number of nitrogens with zero attached hydrogens (tertiary/aromatic N) is 2. The number of aromatic nitrogens is 1. The van der Waals surface area contributed by atoms with Gasteiger partial charge in [-0.1, -0.05) is 53.7 Å². The maximum Gasteiger partial charge on any atom is 1.00 e. The van der Waals surface area contributed by atoms with Gasteiger partial charge < -0.3 is 19.7 Å². The average Bonchev–Trinajstić information content (AvgIpc) is 3.00. The van der Waals surface area contributed by atoms with Crippen molar-refractivity contribution in [1.82, 2.24) is 4.57 Å². The molecule has 0 aliphatic heterocycles. The van der Waals surface area contributed by atoms with Gasteiger partial charge in [-0.2, -0.15) is 0 Å².